The monoisotopic (exact) mass is 490 g/mol. The van der Waals surface area contributed by atoms with Crippen LogP contribution in [0.15, 0.2) is 72.9 Å². The fourth-order valence-corrected chi connectivity index (χ4v) is 5.57. The Balaban J connectivity index is 2.02. The largest absolute Gasteiger partial charge is 0.456 e. The summed E-state index contributed by atoms with van der Waals surface area (Å²) in [5.41, 5.74) is 13.1. The molecule has 1 heterocycles. The summed E-state index contributed by atoms with van der Waals surface area (Å²) in [4.78, 5) is 12.4. The van der Waals surface area contributed by atoms with Crippen LogP contribution in [0.3, 0.4) is 0 Å². The SMILES string of the molecule is C=C(C)C(=O)OCc1c(B(c2c(C)cc(C)cc2C)c2c(C)cc(C)cc2C)cnn1-c1ccccc1. The Morgan fingerprint density at radius 1 is 0.865 bits per heavy atom. The molecule has 188 valence electrons. The lowest BCUT2D eigenvalue weighted by atomic mass is 9.34. The van der Waals surface area contributed by atoms with Crippen LogP contribution in [0, 0.1) is 41.5 Å². The van der Waals surface area contributed by atoms with Gasteiger partial charge in [0.15, 0.2) is 0 Å². The van der Waals surface area contributed by atoms with E-state index < -0.39 is 5.97 Å². The van der Waals surface area contributed by atoms with Gasteiger partial charge in [-0.05, 0) is 66.1 Å². The second-order valence-electron chi connectivity index (χ2n) is 10.2. The number of esters is 1. The Kier molecular flexibility index (Phi) is 7.54. The van der Waals surface area contributed by atoms with E-state index in [4.69, 9.17) is 9.84 Å². The van der Waals surface area contributed by atoms with Crippen molar-refractivity contribution in [3.63, 3.8) is 0 Å². The van der Waals surface area contributed by atoms with Crippen molar-refractivity contribution < 1.29 is 9.53 Å². The number of hydrogen-bond acceptors (Lipinski definition) is 3. The Morgan fingerprint density at radius 3 is 1.81 bits per heavy atom. The van der Waals surface area contributed by atoms with Crippen LogP contribution in [0.4, 0.5) is 0 Å². The van der Waals surface area contributed by atoms with Gasteiger partial charge in [0.2, 0.25) is 6.71 Å². The Morgan fingerprint density at radius 2 is 1.35 bits per heavy atom. The molecule has 37 heavy (non-hydrogen) atoms. The van der Waals surface area contributed by atoms with Crippen LogP contribution in [0.2, 0.25) is 0 Å². The number of ether oxygens (including phenoxy) is 1. The average molecular weight is 490 g/mol. The Hall–Kier alpha value is -3.86. The second-order valence-corrected chi connectivity index (χ2v) is 10.2. The number of aryl methyl sites for hydroxylation is 6. The van der Waals surface area contributed by atoms with Crippen LogP contribution >= 0.6 is 0 Å². The fraction of sp³-hybridized carbons (Fsp3) is 0.250. The maximum Gasteiger partial charge on any atom is 0.333 e. The normalized spacial score (nSPS) is 10.9. The molecule has 0 unspecified atom stereocenters. The highest BCUT2D eigenvalue weighted by molar-refractivity contribution is 6.96. The first kappa shape index (κ1) is 26.2. The van der Waals surface area contributed by atoms with Crippen molar-refractivity contribution in [2.45, 2.75) is 55.1 Å². The van der Waals surface area contributed by atoms with Gasteiger partial charge in [0.1, 0.15) is 6.61 Å². The quantitative estimate of drug-likeness (QED) is 0.211. The van der Waals surface area contributed by atoms with Gasteiger partial charge in [0, 0.05) is 11.8 Å². The predicted octanol–water partition coefficient (Wildman–Crippen LogP) is 4.86. The number of nitrogens with zero attached hydrogens (tertiary/aromatic N) is 2. The third kappa shape index (κ3) is 5.31. The summed E-state index contributed by atoms with van der Waals surface area (Å²) in [6.07, 6.45) is 1.94. The zero-order valence-electron chi connectivity index (χ0n) is 23.0. The third-order valence-electron chi connectivity index (χ3n) is 6.95. The molecule has 4 aromatic rings. The summed E-state index contributed by atoms with van der Waals surface area (Å²) in [7, 11) is 0. The van der Waals surface area contributed by atoms with Crippen LogP contribution in [0.1, 0.15) is 46.0 Å². The molecule has 0 aliphatic carbocycles. The number of benzene rings is 3. The molecule has 0 aliphatic heterocycles. The molecular formula is C32H35BN2O2. The minimum Gasteiger partial charge on any atom is -0.456 e. The summed E-state index contributed by atoms with van der Waals surface area (Å²) >= 11 is 0. The summed E-state index contributed by atoms with van der Waals surface area (Å²) in [6.45, 7) is 18.5. The molecule has 0 bridgehead atoms. The van der Waals surface area contributed by atoms with Gasteiger partial charge in [0.05, 0.1) is 11.4 Å². The lowest BCUT2D eigenvalue weighted by molar-refractivity contribution is -0.140. The number of aromatic nitrogens is 2. The molecular weight excluding hydrogens is 455 g/mol. The van der Waals surface area contributed by atoms with Crippen molar-refractivity contribution in [3.8, 4) is 5.69 Å². The molecule has 5 heteroatoms. The van der Waals surface area contributed by atoms with E-state index in [1.165, 1.54) is 44.3 Å². The van der Waals surface area contributed by atoms with Gasteiger partial charge in [0.25, 0.3) is 0 Å². The Labute approximate surface area is 221 Å². The highest BCUT2D eigenvalue weighted by Gasteiger charge is 2.33. The van der Waals surface area contributed by atoms with E-state index in [2.05, 4.69) is 72.4 Å². The van der Waals surface area contributed by atoms with Crippen LogP contribution < -0.4 is 16.4 Å². The zero-order chi connectivity index (χ0) is 26.9. The molecule has 0 aliphatic rings. The highest BCUT2D eigenvalue weighted by atomic mass is 16.5. The van der Waals surface area contributed by atoms with Gasteiger partial charge in [-0.15, -0.1) is 0 Å². The molecule has 0 spiro atoms. The van der Waals surface area contributed by atoms with Gasteiger partial charge in [-0.25, -0.2) is 9.48 Å². The van der Waals surface area contributed by atoms with Gasteiger partial charge in [-0.3, -0.25) is 0 Å². The maximum absolute atomic E-state index is 12.4. The minimum atomic E-state index is -0.409. The van der Waals surface area contributed by atoms with Crippen LogP contribution in [-0.4, -0.2) is 22.5 Å². The standard InChI is InChI=1S/C32H35BN2O2/c1-20(2)32(36)37-19-29-28(18-34-35(29)27-12-10-9-11-13-27)33(30-23(5)14-21(3)15-24(30)6)31-25(7)16-22(4)17-26(31)8/h9-18H,1,19H2,2-8H3. The Bertz CT molecular complexity index is 1380. The maximum atomic E-state index is 12.4. The topological polar surface area (TPSA) is 44.1 Å². The van der Waals surface area contributed by atoms with Gasteiger partial charge in [-0.2, -0.15) is 5.10 Å². The van der Waals surface area contributed by atoms with Crippen molar-refractivity contribution in [1.29, 1.82) is 0 Å². The minimum absolute atomic E-state index is 0.0720. The average Bonchev–Trinajstić information content (AvgIpc) is 3.24. The van der Waals surface area contributed by atoms with Crippen LogP contribution in [0.25, 0.3) is 5.69 Å². The number of para-hydroxylation sites is 1. The third-order valence-corrected chi connectivity index (χ3v) is 6.95. The first-order chi connectivity index (χ1) is 17.6. The summed E-state index contributed by atoms with van der Waals surface area (Å²) < 4.78 is 7.63. The summed E-state index contributed by atoms with van der Waals surface area (Å²) in [5.74, 6) is -0.409. The van der Waals surface area contributed by atoms with Crippen LogP contribution in [0.5, 0.6) is 0 Å². The molecule has 1 aromatic heterocycles. The molecule has 0 radical (unpaired) electrons. The molecule has 0 amide bonds. The number of rotatable bonds is 7. The van der Waals surface area contributed by atoms with Crippen molar-refractivity contribution in [1.82, 2.24) is 9.78 Å². The van der Waals surface area contributed by atoms with Crippen molar-refractivity contribution in [2.24, 2.45) is 0 Å². The van der Waals surface area contributed by atoms with Gasteiger partial charge in [-0.1, -0.05) is 93.3 Å². The fourth-order valence-electron chi connectivity index (χ4n) is 5.57. The lowest BCUT2D eigenvalue weighted by Crippen LogP contribution is -2.56. The first-order valence-electron chi connectivity index (χ1n) is 12.7. The molecule has 0 saturated carbocycles. The molecule has 4 nitrogen and oxygen atoms in total. The number of carbonyl (C=O) groups excluding carboxylic acids is 1. The highest BCUT2D eigenvalue weighted by Crippen LogP contribution is 2.16. The van der Waals surface area contributed by atoms with E-state index in [9.17, 15) is 4.79 Å². The lowest BCUT2D eigenvalue weighted by Gasteiger charge is -2.24. The van der Waals surface area contributed by atoms with E-state index >= 15 is 0 Å². The van der Waals surface area contributed by atoms with Crippen molar-refractivity contribution in [2.75, 3.05) is 0 Å². The molecule has 3 aromatic carbocycles. The van der Waals surface area contributed by atoms with Crippen LogP contribution in [-0.2, 0) is 16.1 Å². The van der Waals surface area contributed by atoms with E-state index in [0.29, 0.717) is 5.57 Å². The van der Waals surface area contributed by atoms with E-state index in [0.717, 1.165) is 16.8 Å². The van der Waals surface area contributed by atoms with E-state index in [1.807, 2.05) is 41.2 Å². The summed E-state index contributed by atoms with van der Waals surface area (Å²) in [5, 5.41) is 4.84. The number of hydrogen-bond donors (Lipinski definition) is 0. The summed E-state index contributed by atoms with van der Waals surface area (Å²) in [6, 6.07) is 19.0. The predicted molar refractivity (Wildman–Crippen MR) is 154 cm³/mol. The molecule has 0 atom stereocenters. The van der Waals surface area contributed by atoms with Gasteiger partial charge >= 0.3 is 5.97 Å². The van der Waals surface area contributed by atoms with E-state index in [1.54, 1.807) is 6.92 Å². The molecule has 0 fully saturated rings. The van der Waals surface area contributed by atoms with Crippen molar-refractivity contribution >= 4 is 29.1 Å². The second kappa shape index (κ2) is 10.6. The van der Waals surface area contributed by atoms with Gasteiger partial charge < -0.3 is 4.74 Å². The molecule has 0 saturated heterocycles. The first-order valence-corrected chi connectivity index (χ1v) is 12.7. The smallest absolute Gasteiger partial charge is 0.333 e. The van der Waals surface area contributed by atoms with Crippen molar-refractivity contribution in [3.05, 3.63) is 112 Å². The van der Waals surface area contributed by atoms with E-state index in [-0.39, 0.29) is 13.3 Å². The molecule has 0 N–H and O–H groups in total. The zero-order valence-corrected chi connectivity index (χ0v) is 23.0. The number of carbonyl (C=O) groups is 1. The molecule has 4 rings (SSSR count).